The van der Waals surface area contributed by atoms with Gasteiger partial charge in [-0.25, -0.2) is 4.79 Å². The van der Waals surface area contributed by atoms with Gasteiger partial charge in [0, 0.05) is 24.2 Å². The number of carboxylic acids is 1. The Kier molecular flexibility index (Phi) is 7.01. The van der Waals surface area contributed by atoms with E-state index >= 15 is 0 Å². The SMILES string of the molecule is CCN(CC(=O)O)C(=O)c1ccc(NC(=O)OCC2c3ccccc3-c3ccccc32)cc1OC. The molecule has 8 nitrogen and oxygen atoms in total. The third-order valence-electron chi connectivity index (χ3n) is 6.02. The Hall–Kier alpha value is -4.33. The third-order valence-corrected chi connectivity index (χ3v) is 6.02. The van der Waals surface area contributed by atoms with Gasteiger partial charge in [-0.2, -0.15) is 0 Å². The van der Waals surface area contributed by atoms with Gasteiger partial charge in [0.05, 0.1) is 12.7 Å². The zero-order valence-corrected chi connectivity index (χ0v) is 19.5. The number of aliphatic carboxylic acids is 1. The van der Waals surface area contributed by atoms with Crippen LogP contribution < -0.4 is 10.1 Å². The summed E-state index contributed by atoms with van der Waals surface area (Å²) in [6.45, 7) is 1.68. The third kappa shape index (κ3) is 4.96. The number of methoxy groups -OCH3 is 1. The molecule has 1 aliphatic carbocycles. The van der Waals surface area contributed by atoms with Gasteiger partial charge in [-0.15, -0.1) is 0 Å². The summed E-state index contributed by atoms with van der Waals surface area (Å²) in [6, 6.07) is 20.7. The highest BCUT2D eigenvalue weighted by atomic mass is 16.5. The first-order valence-corrected chi connectivity index (χ1v) is 11.2. The largest absolute Gasteiger partial charge is 0.496 e. The maximum absolute atomic E-state index is 12.7. The van der Waals surface area contributed by atoms with E-state index in [1.807, 2.05) is 36.4 Å². The molecule has 3 aromatic rings. The lowest BCUT2D eigenvalue weighted by molar-refractivity contribution is -0.137. The van der Waals surface area contributed by atoms with Crippen LogP contribution in [0, 0.1) is 0 Å². The Labute approximate surface area is 203 Å². The molecule has 0 aliphatic heterocycles. The molecule has 2 amide bonds. The second-order valence-electron chi connectivity index (χ2n) is 8.08. The minimum atomic E-state index is -1.10. The van der Waals surface area contributed by atoms with Crippen molar-refractivity contribution < 1.29 is 29.0 Å². The number of carbonyl (C=O) groups is 3. The van der Waals surface area contributed by atoms with Crippen LogP contribution in [0.2, 0.25) is 0 Å². The maximum atomic E-state index is 12.7. The van der Waals surface area contributed by atoms with E-state index in [-0.39, 0.29) is 30.4 Å². The number of carbonyl (C=O) groups excluding carboxylic acids is 2. The van der Waals surface area contributed by atoms with Crippen molar-refractivity contribution in [2.75, 3.05) is 32.1 Å². The zero-order valence-electron chi connectivity index (χ0n) is 19.5. The molecule has 2 N–H and O–H groups in total. The van der Waals surface area contributed by atoms with Crippen LogP contribution in [-0.4, -0.2) is 54.8 Å². The topological polar surface area (TPSA) is 105 Å². The first-order chi connectivity index (χ1) is 16.9. The second kappa shape index (κ2) is 10.3. The minimum absolute atomic E-state index is 0.0584. The highest BCUT2D eigenvalue weighted by molar-refractivity contribution is 5.99. The molecule has 180 valence electrons. The number of amides is 2. The summed E-state index contributed by atoms with van der Waals surface area (Å²) in [6.07, 6.45) is -0.631. The lowest BCUT2D eigenvalue weighted by Gasteiger charge is -2.20. The van der Waals surface area contributed by atoms with Crippen molar-refractivity contribution in [2.45, 2.75) is 12.8 Å². The first-order valence-electron chi connectivity index (χ1n) is 11.2. The lowest BCUT2D eigenvalue weighted by Crippen LogP contribution is -2.35. The van der Waals surface area contributed by atoms with Crippen molar-refractivity contribution in [3.8, 4) is 16.9 Å². The molecule has 0 saturated carbocycles. The summed E-state index contributed by atoms with van der Waals surface area (Å²) in [4.78, 5) is 37.6. The number of nitrogens with one attached hydrogen (secondary N) is 1. The van der Waals surface area contributed by atoms with Gasteiger partial charge in [0.1, 0.15) is 18.9 Å². The van der Waals surface area contributed by atoms with E-state index in [1.165, 1.54) is 24.1 Å². The van der Waals surface area contributed by atoms with E-state index in [1.54, 1.807) is 13.0 Å². The minimum Gasteiger partial charge on any atom is -0.496 e. The molecule has 1 aliphatic rings. The number of hydrogen-bond acceptors (Lipinski definition) is 5. The predicted octanol–water partition coefficient (Wildman–Crippen LogP) is 4.60. The molecule has 0 fully saturated rings. The second-order valence-corrected chi connectivity index (χ2v) is 8.08. The molecular weight excluding hydrogens is 448 g/mol. The van der Waals surface area contributed by atoms with Crippen molar-refractivity contribution in [3.63, 3.8) is 0 Å². The van der Waals surface area contributed by atoms with Gasteiger partial charge < -0.3 is 19.5 Å². The van der Waals surface area contributed by atoms with Crippen molar-refractivity contribution in [2.24, 2.45) is 0 Å². The monoisotopic (exact) mass is 474 g/mol. The van der Waals surface area contributed by atoms with Gasteiger partial charge in [-0.05, 0) is 41.3 Å². The Morgan fingerprint density at radius 2 is 1.60 bits per heavy atom. The fourth-order valence-corrected chi connectivity index (χ4v) is 4.36. The highest BCUT2D eigenvalue weighted by Gasteiger charge is 2.29. The number of likely N-dealkylation sites (N-methyl/N-ethyl adjacent to an activating group) is 1. The number of rotatable bonds is 8. The van der Waals surface area contributed by atoms with Crippen molar-refractivity contribution >= 4 is 23.7 Å². The Balaban J connectivity index is 1.44. The summed E-state index contributed by atoms with van der Waals surface area (Å²) in [5.41, 5.74) is 5.11. The van der Waals surface area contributed by atoms with Crippen molar-refractivity contribution in [3.05, 3.63) is 83.4 Å². The van der Waals surface area contributed by atoms with Crippen LogP contribution in [-0.2, 0) is 9.53 Å². The maximum Gasteiger partial charge on any atom is 0.411 e. The number of nitrogens with zero attached hydrogens (tertiary/aromatic N) is 1. The molecule has 0 aromatic heterocycles. The molecule has 0 atom stereocenters. The smallest absolute Gasteiger partial charge is 0.411 e. The molecule has 4 rings (SSSR count). The quantitative estimate of drug-likeness (QED) is 0.494. The van der Waals surface area contributed by atoms with Gasteiger partial charge in [-0.3, -0.25) is 14.9 Å². The Morgan fingerprint density at radius 3 is 2.17 bits per heavy atom. The van der Waals surface area contributed by atoms with E-state index < -0.39 is 24.5 Å². The summed E-state index contributed by atoms with van der Waals surface area (Å²) in [5.74, 6) is -1.42. The molecule has 0 saturated heterocycles. The van der Waals surface area contributed by atoms with Crippen molar-refractivity contribution in [1.82, 2.24) is 4.90 Å². The van der Waals surface area contributed by atoms with Crippen LogP contribution >= 0.6 is 0 Å². The molecule has 0 spiro atoms. The van der Waals surface area contributed by atoms with Crippen LogP contribution in [0.3, 0.4) is 0 Å². The summed E-state index contributed by atoms with van der Waals surface area (Å²) >= 11 is 0. The van der Waals surface area contributed by atoms with Gasteiger partial charge >= 0.3 is 12.1 Å². The molecule has 0 radical (unpaired) electrons. The zero-order chi connectivity index (χ0) is 24.9. The molecule has 8 heteroatoms. The number of fused-ring (bicyclic) bond motifs is 3. The highest BCUT2D eigenvalue weighted by Crippen LogP contribution is 2.44. The normalized spacial score (nSPS) is 11.8. The summed E-state index contributed by atoms with van der Waals surface area (Å²) in [5, 5.41) is 11.7. The van der Waals surface area contributed by atoms with Gasteiger partial charge in [-0.1, -0.05) is 48.5 Å². The van der Waals surface area contributed by atoms with Gasteiger partial charge in [0.2, 0.25) is 0 Å². The average molecular weight is 475 g/mol. The van der Waals surface area contributed by atoms with Crippen molar-refractivity contribution in [1.29, 1.82) is 0 Å². The Morgan fingerprint density at radius 1 is 0.971 bits per heavy atom. The van der Waals surface area contributed by atoms with Crippen LogP contribution in [0.25, 0.3) is 11.1 Å². The molecule has 0 bridgehead atoms. The average Bonchev–Trinajstić information content (AvgIpc) is 3.19. The molecule has 3 aromatic carbocycles. The molecule has 0 heterocycles. The van der Waals surface area contributed by atoms with Crippen LogP contribution in [0.4, 0.5) is 10.5 Å². The van der Waals surface area contributed by atoms with Crippen LogP contribution in [0.1, 0.15) is 34.3 Å². The standard InChI is InChI=1S/C27H26N2O6/c1-3-29(15-25(30)31)26(32)22-13-12-17(14-24(22)34-2)28-27(33)35-16-23-20-10-6-4-8-18(20)19-9-5-7-11-21(19)23/h4-14,23H,3,15-16H2,1-2H3,(H,28,33)(H,30,31). The van der Waals surface area contributed by atoms with E-state index in [0.717, 1.165) is 22.3 Å². The van der Waals surface area contributed by atoms with Gasteiger partial charge in [0.25, 0.3) is 5.91 Å². The Bertz CT molecular complexity index is 1230. The number of benzene rings is 3. The number of ether oxygens (including phenoxy) is 2. The number of carboxylic acid groups (broad SMARTS) is 1. The molecule has 35 heavy (non-hydrogen) atoms. The van der Waals surface area contributed by atoms with Crippen LogP contribution in [0.5, 0.6) is 5.75 Å². The number of anilines is 1. The van der Waals surface area contributed by atoms with Gasteiger partial charge in [0.15, 0.2) is 0 Å². The van der Waals surface area contributed by atoms with E-state index in [2.05, 4.69) is 17.4 Å². The summed E-state index contributed by atoms with van der Waals surface area (Å²) in [7, 11) is 1.40. The van der Waals surface area contributed by atoms with E-state index in [4.69, 9.17) is 14.6 Å². The predicted molar refractivity (Wildman–Crippen MR) is 131 cm³/mol. The number of hydrogen-bond donors (Lipinski definition) is 2. The van der Waals surface area contributed by atoms with Crippen LogP contribution in [0.15, 0.2) is 66.7 Å². The first kappa shape index (κ1) is 23.8. The molecule has 0 unspecified atom stereocenters. The summed E-state index contributed by atoms with van der Waals surface area (Å²) < 4.78 is 10.9. The lowest BCUT2D eigenvalue weighted by atomic mass is 9.98. The molecular formula is C27H26N2O6. The van der Waals surface area contributed by atoms with E-state index in [9.17, 15) is 14.4 Å². The fourth-order valence-electron chi connectivity index (χ4n) is 4.36. The van der Waals surface area contributed by atoms with E-state index in [0.29, 0.717) is 5.69 Å². The fraction of sp³-hybridized carbons (Fsp3) is 0.222.